The molecule has 2 rings (SSSR count). The molecule has 0 aliphatic carbocycles. The number of benzene rings is 1. The van der Waals surface area contributed by atoms with Crippen molar-refractivity contribution in [3.63, 3.8) is 0 Å². The van der Waals surface area contributed by atoms with Crippen LogP contribution in [0, 0.1) is 5.92 Å². The SMILES string of the molecule is CC(C)C(=O)N1CCN(c2c(Cl)cccc2Br)CC1. The zero-order valence-corrected chi connectivity index (χ0v) is 13.5. The molecule has 0 saturated carbocycles. The number of carbonyl (C=O) groups excluding carboxylic acids is 1. The van der Waals surface area contributed by atoms with Crippen molar-refractivity contribution in [2.75, 3.05) is 31.1 Å². The molecule has 0 N–H and O–H groups in total. The second-order valence-electron chi connectivity index (χ2n) is 5.04. The minimum Gasteiger partial charge on any atom is -0.366 e. The zero-order chi connectivity index (χ0) is 14.0. The number of carbonyl (C=O) groups is 1. The van der Waals surface area contributed by atoms with Crippen LogP contribution >= 0.6 is 27.5 Å². The molecule has 1 heterocycles. The van der Waals surface area contributed by atoms with Crippen molar-refractivity contribution in [1.29, 1.82) is 0 Å². The molecule has 1 aromatic rings. The summed E-state index contributed by atoms with van der Waals surface area (Å²) in [6.45, 7) is 7.05. The van der Waals surface area contributed by atoms with Gasteiger partial charge in [0.15, 0.2) is 0 Å². The Morgan fingerprint density at radius 2 is 1.89 bits per heavy atom. The molecule has 1 aliphatic rings. The van der Waals surface area contributed by atoms with Crippen LogP contribution in [0.5, 0.6) is 0 Å². The van der Waals surface area contributed by atoms with Crippen molar-refractivity contribution in [3.05, 3.63) is 27.7 Å². The molecule has 104 valence electrons. The van der Waals surface area contributed by atoms with Gasteiger partial charge >= 0.3 is 0 Å². The van der Waals surface area contributed by atoms with Gasteiger partial charge in [-0.3, -0.25) is 4.79 Å². The Bertz CT molecular complexity index is 450. The summed E-state index contributed by atoms with van der Waals surface area (Å²) in [5, 5.41) is 0.748. The lowest BCUT2D eigenvalue weighted by Gasteiger charge is -2.37. The molecule has 19 heavy (non-hydrogen) atoms. The van der Waals surface area contributed by atoms with Crippen molar-refractivity contribution in [1.82, 2.24) is 4.90 Å². The molecule has 0 radical (unpaired) electrons. The van der Waals surface area contributed by atoms with Crippen LogP contribution in [0.2, 0.25) is 5.02 Å². The number of nitrogens with zero attached hydrogens (tertiary/aromatic N) is 2. The molecule has 5 heteroatoms. The molecular weight excluding hydrogens is 328 g/mol. The topological polar surface area (TPSA) is 23.6 Å². The molecule has 1 saturated heterocycles. The standard InChI is InChI=1S/C14H18BrClN2O/c1-10(2)14(19)18-8-6-17(7-9-18)13-11(15)4-3-5-12(13)16/h3-5,10H,6-9H2,1-2H3. The largest absolute Gasteiger partial charge is 0.366 e. The van der Waals surface area contributed by atoms with Gasteiger partial charge in [0, 0.05) is 36.6 Å². The Morgan fingerprint density at radius 1 is 1.26 bits per heavy atom. The molecule has 1 aliphatic heterocycles. The predicted molar refractivity (Wildman–Crippen MR) is 82.8 cm³/mol. The summed E-state index contributed by atoms with van der Waals surface area (Å²) < 4.78 is 1.00. The Kier molecular flexibility index (Phi) is 4.74. The molecule has 3 nitrogen and oxygen atoms in total. The first-order valence-corrected chi connectivity index (χ1v) is 7.65. The lowest BCUT2D eigenvalue weighted by atomic mass is 10.1. The maximum Gasteiger partial charge on any atom is 0.225 e. The van der Waals surface area contributed by atoms with Crippen LogP contribution in [0.25, 0.3) is 0 Å². The summed E-state index contributed by atoms with van der Waals surface area (Å²) in [5.74, 6) is 0.302. The van der Waals surface area contributed by atoms with E-state index in [4.69, 9.17) is 11.6 Å². The second kappa shape index (κ2) is 6.14. The van der Waals surface area contributed by atoms with Gasteiger partial charge in [-0.15, -0.1) is 0 Å². The summed E-state index contributed by atoms with van der Waals surface area (Å²) in [4.78, 5) is 16.1. The minimum absolute atomic E-state index is 0.0681. The Morgan fingerprint density at radius 3 is 2.42 bits per heavy atom. The van der Waals surface area contributed by atoms with Crippen LogP contribution in [0.4, 0.5) is 5.69 Å². The molecule has 1 aromatic carbocycles. The van der Waals surface area contributed by atoms with E-state index in [1.165, 1.54) is 0 Å². The van der Waals surface area contributed by atoms with Crippen LogP contribution in [-0.2, 0) is 4.79 Å². The summed E-state index contributed by atoms with van der Waals surface area (Å²) >= 11 is 9.80. The van der Waals surface area contributed by atoms with Crippen molar-refractivity contribution in [2.24, 2.45) is 5.92 Å². The zero-order valence-electron chi connectivity index (χ0n) is 11.2. The smallest absolute Gasteiger partial charge is 0.225 e. The van der Waals surface area contributed by atoms with Gasteiger partial charge in [0.1, 0.15) is 0 Å². The van der Waals surface area contributed by atoms with Gasteiger partial charge in [-0.05, 0) is 28.1 Å². The minimum atomic E-state index is 0.0681. The van der Waals surface area contributed by atoms with Crippen LogP contribution in [0.15, 0.2) is 22.7 Å². The molecule has 0 bridgehead atoms. The number of para-hydroxylation sites is 1. The fourth-order valence-electron chi connectivity index (χ4n) is 2.31. The third-order valence-electron chi connectivity index (χ3n) is 3.34. The van der Waals surface area contributed by atoms with Crippen LogP contribution < -0.4 is 4.90 Å². The van der Waals surface area contributed by atoms with E-state index in [1.54, 1.807) is 0 Å². The highest BCUT2D eigenvalue weighted by molar-refractivity contribution is 9.10. The number of rotatable bonds is 2. The van der Waals surface area contributed by atoms with Gasteiger partial charge in [0.25, 0.3) is 0 Å². The summed E-state index contributed by atoms with van der Waals surface area (Å²) in [7, 11) is 0. The van der Waals surface area contributed by atoms with Crippen molar-refractivity contribution >= 4 is 39.1 Å². The molecule has 0 unspecified atom stereocenters. The fourth-order valence-corrected chi connectivity index (χ4v) is 3.33. The third kappa shape index (κ3) is 3.23. The van der Waals surface area contributed by atoms with E-state index in [2.05, 4.69) is 20.8 Å². The first-order chi connectivity index (χ1) is 9.00. The van der Waals surface area contributed by atoms with E-state index < -0.39 is 0 Å². The maximum absolute atomic E-state index is 11.9. The Labute approximate surface area is 127 Å². The second-order valence-corrected chi connectivity index (χ2v) is 6.30. The number of halogens is 2. The fraction of sp³-hybridized carbons (Fsp3) is 0.500. The van der Waals surface area contributed by atoms with Gasteiger partial charge in [-0.1, -0.05) is 31.5 Å². The predicted octanol–water partition coefficient (Wildman–Crippen LogP) is 3.41. The number of piperazine rings is 1. The molecular formula is C14H18BrClN2O. The quantitative estimate of drug-likeness (QED) is 0.820. The lowest BCUT2D eigenvalue weighted by Crippen LogP contribution is -2.50. The van der Waals surface area contributed by atoms with E-state index in [0.717, 1.165) is 41.4 Å². The van der Waals surface area contributed by atoms with Crippen LogP contribution in [0.1, 0.15) is 13.8 Å². The molecule has 0 atom stereocenters. The summed E-state index contributed by atoms with van der Waals surface area (Å²) in [5.41, 5.74) is 1.03. The van der Waals surface area contributed by atoms with Gasteiger partial charge < -0.3 is 9.80 Å². The molecule has 1 fully saturated rings. The van der Waals surface area contributed by atoms with Gasteiger partial charge in [-0.25, -0.2) is 0 Å². The van der Waals surface area contributed by atoms with E-state index >= 15 is 0 Å². The molecule has 0 aromatic heterocycles. The lowest BCUT2D eigenvalue weighted by molar-refractivity contribution is -0.134. The van der Waals surface area contributed by atoms with Gasteiger partial charge in [0.05, 0.1) is 10.7 Å². The highest BCUT2D eigenvalue weighted by Crippen LogP contribution is 2.34. The van der Waals surface area contributed by atoms with E-state index in [1.807, 2.05) is 36.9 Å². The average Bonchev–Trinajstić information content (AvgIpc) is 2.38. The first kappa shape index (κ1) is 14.7. The van der Waals surface area contributed by atoms with Crippen molar-refractivity contribution in [3.8, 4) is 0 Å². The number of anilines is 1. The molecule has 0 spiro atoms. The Hall–Kier alpha value is -0.740. The van der Waals surface area contributed by atoms with Gasteiger partial charge in [-0.2, -0.15) is 0 Å². The normalized spacial score (nSPS) is 16.1. The van der Waals surface area contributed by atoms with E-state index in [0.29, 0.717) is 0 Å². The van der Waals surface area contributed by atoms with Crippen LogP contribution in [0.3, 0.4) is 0 Å². The van der Waals surface area contributed by atoms with Crippen molar-refractivity contribution in [2.45, 2.75) is 13.8 Å². The Balaban J connectivity index is 2.06. The van der Waals surface area contributed by atoms with Crippen molar-refractivity contribution < 1.29 is 4.79 Å². The summed E-state index contributed by atoms with van der Waals surface area (Å²) in [6, 6.07) is 5.81. The average molecular weight is 346 g/mol. The number of hydrogen-bond donors (Lipinski definition) is 0. The number of hydrogen-bond acceptors (Lipinski definition) is 2. The van der Waals surface area contributed by atoms with E-state index in [-0.39, 0.29) is 11.8 Å². The highest BCUT2D eigenvalue weighted by Gasteiger charge is 2.24. The highest BCUT2D eigenvalue weighted by atomic mass is 79.9. The van der Waals surface area contributed by atoms with Gasteiger partial charge in [0.2, 0.25) is 5.91 Å². The molecule has 1 amide bonds. The van der Waals surface area contributed by atoms with Crippen LogP contribution in [-0.4, -0.2) is 37.0 Å². The maximum atomic E-state index is 11.9. The first-order valence-electron chi connectivity index (χ1n) is 6.48. The summed E-state index contributed by atoms with van der Waals surface area (Å²) in [6.07, 6.45) is 0. The number of amides is 1. The monoisotopic (exact) mass is 344 g/mol. The van der Waals surface area contributed by atoms with E-state index in [9.17, 15) is 4.79 Å². The third-order valence-corrected chi connectivity index (χ3v) is 4.28.